The largest absolute Gasteiger partial charge is 0.432 e. The van der Waals surface area contributed by atoms with Crippen LogP contribution in [0.15, 0.2) is 42.5 Å². The molecule has 3 aliphatic heterocycles. The Labute approximate surface area is 217 Å². The van der Waals surface area contributed by atoms with Gasteiger partial charge in [-0.2, -0.15) is 0 Å². The predicted octanol–water partition coefficient (Wildman–Crippen LogP) is 4.19. The molecule has 4 atom stereocenters. The molecule has 0 unspecified atom stereocenters. The molecule has 2 amide bonds. The molecule has 2 fully saturated rings. The molecule has 0 aliphatic carbocycles. The first-order valence-corrected chi connectivity index (χ1v) is 16.0. The molecule has 0 radical (unpaired) electrons. The summed E-state index contributed by atoms with van der Waals surface area (Å²) in [5.74, 6) is -0.325. The molecule has 192 valence electrons. The number of hydrogen-bond acceptors (Lipinski definition) is 5. The zero-order chi connectivity index (χ0) is 25.8. The second-order valence-corrected chi connectivity index (χ2v) is 15.2. The van der Waals surface area contributed by atoms with Crippen molar-refractivity contribution in [1.29, 1.82) is 0 Å². The maximum Gasteiger partial charge on any atom is 0.264 e. The van der Waals surface area contributed by atoms with Gasteiger partial charge in [-0.15, -0.1) is 0 Å². The van der Waals surface area contributed by atoms with Gasteiger partial charge in [0, 0.05) is 47.3 Å². The van der Waals surface area contributed by atoms with Crippen LogP contribution in [0.4, 0.5) is 11.4 Å². The Morgan fingerprint density at radius 1 is 1.17 bits per heavy atom. The quantitative estimate of drug-likeness (QED) is 0.549. The number of hydrogen-bond donors (Lipinski definition) is 2. The third kappa shape index (κ3) is 3.99. The molecule has 9 heteroatoms. The first-order valence-electron chi connectivity index (χ1n) is 12.6. The zero-order valence-electron chi connectivity index (χ0n) is 20.9. The summed E-state index contributed by atoms with van der Waals surface area (Å²) in [6, 6.07) is 13.2. The molecular weight excluding hydrogens is 496 g/mol. The molecule has 5 rings (SSSR count). The van der Waals surface area contributed by atoms with Crippen LogP contribution in [0.2, 0.25) is 23.7 Å². The van der Waals surface area contributed by atoms with Gasteiger partial charge in [-0.3, -0.25) is 9.59 Å². The molecule has 2 aromatic carbocycles. The van der Waals surface area contributed by atoms with Crippen LogP contribution in [-0.2, 0) is 26.5 Å². The number of benzene rings is 2. The number of halogens is 1. The second kappa shape index (κ2) is 9.26. The first-order chi connectivity index (χ1) is 17.1. The highest BCUT2D eigenvalue weighted by atomic mass is 35.5. The van der Waals surface area contributed by atoms with E-state index in [1.165, 1.54) is 0 Å². The minimum absolute atomic E-state index is 0.0827. The van der Waals surface area contributed by atoms with E-state index < -0.39 is 20.0 Å². The molecule has 7 nitrogen and oxygen atoms in total. The van der Waals surface area contributed by atoms with Crippen molar-refractivity contribution in [2.45, 2.75) is 63.1 Å². The maximum absolute atomic E-state index is 14.2. The first kappa shape index (κ1) is 25.4. The van der Waals surface area contributed by atoms with Gasteiger partial charge in [0.05, 0.1) is 18.3 Å². The lowest BCUT2D eigenvalue weighted by molar-refractivity contribution is -0.146. The van der Waals surface area contributed by atoms with Crippen molar-refractivity contribution < 1.29 is 24.2 Å². The number of rotatable bonds is 6. The van der Waals surface area contributed by atoms with Crippen LogP contribution < -0.4 is 9.80 Å². The highest BCUT2D eigenvalue weighted by Crippen LogP contribution is 2.60. The van der Waals surface area contributed by atoms with Crippen molar-refractivity contribution in [3.05, 3.63) is 58.6 Å². The lowest BCUT2D eigenvalue weighted by atomic mass is 9.82. The minimum atomic E-state index is -2.74. The Morgan fingerprint density at radius 2 is 1.89 bits per heavy atom. The van der Waals surface area contributed by atoms with Gasteiger partial charge in [-0.1, -0.05) is 30.7 Å². The van der Waals surface area contributed by atoms with E-state index >= 15 is 0 Å². The van der Waals surface area contributed by atoms with Crippen molar-refractivity contribution in [3.8, 4) is 0 Å². The molecule has 0 saturated carbocycles. The van der Waals surface area contributed by atoms with Crippen molar-refractivity contribution in [2.75, 3.05) is 23.0 Å². The molecule has 3 heterocycles. The number of fused-ring (bicyclic) bond motifs is 2. The molecule has 2 aromatic rings. The standard InChI is InChI=1S/C27H33ClN2O5Si/c1-17-25(36(2,3)34)23(12-14-31)35-27(17)21-15-19(28)8-11-22(21)30(26(27)33)16-18-6-9-20(10-7-18)29-13-4-5-24(29)32/h6-11,15,17,23,25,31,34H,4-5,12-14,16H2,1-3H3/t17-,23+,25-,27+/m1/s1. The van der Waals surface area contributed by atoms with Crippen LogP contribution in [0.25, 0.3) is 0 Å². The number of carbonyl (C=O) groups is 2. The normalized spacial score (nSPS) is 28.0. The lowest BCUT2D eigenvalue weighted by Crippen LogP contribution is -2.46. The molecule has 3 aliphatic rings. The summed E-state index contributed by atoms with van der Waals surface area (Å²) in [5.41, 5.74) is 1.78. The second-order valence-electron chi connectivity index (χ2n) is 10.7. The summed E-state index contributed by atoms with van der Waals surface area (Å²) in [5, 5.41) is 10.2. The molecule has 0 bridgehead atoms. The summed E-state index contributed by atoms with van der Waals surface area (Å²) in [6.45, 7) is 6.69. The Balaban J connectivity index is 1.50. The van der Waals surface area contributed by atoms with Crippen LogP contribution in [0.1, 0.15) is 37.3 Å². The van der Waals surface area contributed by atoms with E-state index in [-0.39, 0.29) is 29.9 Å². The average Bonchev–Trinajstić information content (AvgIpc) is 3.44. The van der Waals surface area contributed by atoms with Gasteiger partial charge in [0.25, 0.3) is 5.91 Å². The topological polar surface area (TPSA) is 90.3 Å². The van der Waals surface area contributed by atoms with E-state index in [2.05, 4.69) is 0 Å². The van der Waals surface area contributed by atoms with Gasteiger partial charge in [-0.25, -0.2) is 0 Å². The highest BCUT2D eigenvalue weighted by molar-refractivity contribution is 6.71. The summed E-state index contributed by atoms with van der Waals surface area (Å²) in [7, 11) is -2.74. The number of aliphatic hydroxyl groups excluding tert-OH is 1. The van der Waals surface area contributed by atoms with Gasteiger partial charge in [0.15, 0.2) is 13.9 Å². The summed E-state index contributed by atoms with van der Waals surface area (Å²) in [6.07, 6.45) is 1.38. The fourth-order valence-electron chi connectivity index (χ4n) is 6.49. The molecular formula is C27H33ClN2O5Si. The summed E-state index contributed by atoms with van der Waals surface area (Å²) in [4.78, 5) is 41.0. The highest BCUT2D eigenvalue weighted by Gasteiger charge is 2.66. The molecule has 36 heavy (non-hydrogen) atoms. The lowest BCUT2D eigenvalue weighted by Gasteiger charge is -2.32. The summed E-state index contributed by atoms with van der Waals surface area (Å²) < 4.78 is 6.58. The third-order valence-electron chi connectivity index (χ3n) is 8.02. The zero-order valence-corrected chi connectivity index (χ0v) is 22.7. The smallest absolute Gasteiger partial charge is 0.264 e. The number of ether oxygens (including phenoxy) is 1. The Bertz CT molecular complexity index is 1180. The van der Waals surface area contributed by atoms with Crippen molar-refractivity contribution in [2.24, 2.45) is 5.92 Å². The van der Waals surface area contributed by atoms with Crippen molar-refractivity contribution in [1.82, 2.24) is 0 Å². The molecule has 2 N–H and O–H groups in total. The number of anilines is 2. The molecule has 1 spiro atoms. The monoisotopic (exact) mass is 528 g/mol. The van der Waals surface area contributed by atoms with E-state index in [1.807, 2.05) is 50.3 Å². The van der Waals surface area contributed by atoms with E-state index in [1.54, 1.807) is 21.9 Å². The van der Waals surface area contributed by atoms with Gasteiger partial charge in [0.2, 0.25) is 5.91 Å². The number of carbonyl (C=O) groups excluding carboxylic acids is 2. The number of aliphatic hydroxyl groups is 1. The predicted molar refractivity (Wildman–Crippen MR) is 142 cm³/mol. The van der Waals surface area contributed by atoms with Gasteiger partial charge in [0.1, 0.15) is 0 Å². The van der Waals surface area contributed by atoms with Crippen LogP contribution >= 0.6 is 11.6 Å². The van der Waals surface area contributed by atoms with Gasteiger partial charge >= 0.3 is 0 Å². The fourth-order valence-corrected chi connectivity index (χ4v) is 9.26. The SMILES string of the molecule is C[C@@H]1[C@@H]([Si](C)(C)O)[C@H](CCO)O[C@@]12C(=O)N(Cc1ccc(N3CCCC3=O)cc1)c1ccc(Cl)cc12. The number of amides is 2. The van der Waals surface area contributed by atoms with Crippen LogP contribution in [0.3, 0.4) is 0 Å². The van der Waals surface area contributed by atoms with E-state index in [0.717, 1.165) is 35.5 Å². The molecule has 0 aromatic heterocycles. The minimum Gasteiger partial charge on any atom is -0.432 e. The van der Waals surface area contributed by atoms with Crippen LogP contribution in [0, 0.1) is 5.92 Å². The number of nitrogens with zero attached hydrogens (tertiary/aromatic N) is 2. The Morgan fingerprint density at radius 3 is 2.50 bits per heavy atom. The van der Waals surface area contributed by atoms with Crippen molar-refractivity contribution in [3.63, 3.8) is 0 Å². The average molecular weight is 529 g/mol. The maximum atomic E-state index is 14.2. The van der Waals surface area contributed by atoms with E-state index in [4.69, 9.17) is 16.3 Å². The third-order valence-corrected chi connectivity index (χ3v) is 10.8. The van der Waals surface area contributed by atoms with E-state index in [9.17, 15) is 19.5 Å². The Kier molecular flexibility index (Phi) is 6.54. The van der Waals surface area contributed by atoms with Gasteiger partial charge < -0.3 is 24.4 Å². The van der Waals surface area contributed by atoms with Crippen LogP contribution in [0.5, 0.6) is 0 Å². The Hall–Kier alpha value is -2.23. The molecule has 2 saturated heterocycles. The van der Waals surface area contributed by atoms with Gasteiger partial charge in [-0.05, 0) is 61.8 Å². The van der Waals surface area contributed by atoms with Crippen molar-refractivity contribution >= 4 is 43.1 Å². The fraction of sp³-hybridized carbons (Fsp3) is 0.481. The summed E-state index contributed by atoms with van der Waals surface area (Å²) >= 11 is 6.41. The van der Waals surface area contributed by atoms with Crippen LogP contribution in [-0.4, -0.2) is 49.3 Å². The van der Waals surface area contributed by atoms with E-state index in [0.29, 0.717) is 24.4 Å².